The maximum absolute atomic E-state index is 13.6. The molecule has 3 heterocycles. The smallest absolute Gasteiger partial charge is 0.256 e. The van der Waals surface area contributed by atoms with E-state index in [0.29, 0.717) is 48.6 Å². The van der Waals surface area contributed by atoms with E-state index in [-0.39, 0.29) is 11.8 Å². The van der Waals surface area contributed by atoms with Crippen molar-refractivity contribution in [2.75, 3.05) is 31.1 Å². The molecule has 0 N–H and O–H groups in total. The third-order valence-corrected chi connectivity index (χ3v) is 4.74. The molecule has 0 saturated carbocycles. The van der Waals surface area contributed by atoms with Crippen LogP contribution in [-0.2, 0) is 0 Å². The van der Waals surface area contributed by atoms with Crippen molar-refractivity contribution in [2.45, 2.75) is 6.92 Å². The summed E-state index contributed by atoms with van der Waals surface area (Å²) in [7, 11) is 0. The highest BCUT2D eigenvalue weighted by Crippen LogP contribution is 2.24. The molecule has 1 aromatic carbocycles. The first-order chi connectivity index (χ1) is 13.0. The largest absolute Gasteiger partial charge is 0.337 e. The zero-order chi connectivity index (χ0) is 19.0. The van der Waals surface area contributed by atoms with Crippen LogP contribution in [0.4, 0.5) is 10.3 Å². The van der Waals surface area contributed by atoms with Crippen molar-refractivity contribution >= 4 is 28.7 Å². The van der Waals surface area contributed by atoms with E-state index in [1.165, 1.54) is 29.8 Å². The van der Waals surface area contributed by atoms with E-state index in [1.807, 2.05) is 4.90 Å². The number of hydrogen-bond acceptors (Lipinski definition) is 5. The molecule has 0 atom stereocenters. The Morgan fingerprint density at radius 1 is 1.07 bits per heavy atom. The second-order valence-electron chi connectivity index (χ2n) is 6.42. The molecular formula is C19H18FN5O2. The van der Waals surface area contributed by atoms with Crippen molar-refractivity contribution in [1.29, 1.82) is 0 Å². The zero-order valence-electron chi connectivity index (χ0n) is 14.8. The third kappa shape index (κ3) is 3.14. The standard InChI is InChI=1S/C19H18FN5O2/c1-13(26)25-12-16(15-4-3-14(20)11-17(15)25)18(27)23-7-9-24(10-8-23)19-21-5-2-6-22-19/h2-6,11-12H,7-10H2,1H3. The molecule has 0 bridgehead atoms. The molecule has 4 rings (SSSR count). The number of amides is 1. The number of carbonyl (C=O) groups is 2. The molecule has 8 heteroatoms. The van der Waals surface area contributed by atoms with Crippen LogP contribution in [-0.4, -0.2) is 57.4 Å². The van der Waals surface area contributed by atoms with Gasteiger partial charge in [-0.3, -0.25) is 14.2 Å². The van der Waals surface area contributed by atoms with Crippen LogP contribution < -0.4 is 4.90 Å². The molecule has 138 valence electrons. The van der Waals surface area contributed by atoms with Gasteiger partial charge in [0.05, 0.1) is 11.1 Å². The lowest BCUT2D eigenvalue weighted by atomic mass is 10.1. The second kappa shape index (κ2) is 6.79. The molecule has 2 aromatic heterocycles. The molecule has 7 nitrogen and oxygen atoms in total. The van der Waals surface area contributed by atoms with E-state index in [2.05, 4.69) is 9.97 Å². The van der Waals surface area contributed by atoms with Crippen LogP contribution in [0.2, 0.25) is 0 Å². The summed E-state index contributed by atoms with van der Waals surface area (Å²) in [6, 6.07) is 5.88. The second-order valence-corrected chi connectivity index (χ2v) is 6.42. The fourth-order valence-electron chi connectivity index (χ4n) is 3.37. The van der Waals surface area contributed by atoms with Gasteiger partial charge in [0, 0.05) is 57.1 Å². The lowest BCUT2D eigenvalue weighted by Gasteiger charge is -2.34. The number of benzene rings is 1. The zero-order valence-corrected chi connectivity index (χ0v) is 14.8. The normalized spacial score (nSPS) is 14.6. The monoisotopic (exact) mass is 367 g/mol. The fraction of sp³-hybridized carbons (Fsp3) is 0.263. The minimum Gasteiger partial charge on any atom is -0.337 e. The molecular weight excluding hydrogens is 349 g/mol. The van der Waals surface area contributed by atoms with Crippen LogP contribution in [0.25, 0.3) is 10.9 Å². The molecule has 1 aliphatic heterocycles. The first-order valence-electron chi connectivity index (χ1n) is 8.67. The van der Waals surface area contributed by atoms with Crippen LogP contribution in [0.15, 0.2) is 42.9 Å². The summed E-state index contributed by atoms with van der Waals surface area (Å²) in [6.07, 6.45) is 4.88. The van der Waals surface area contributed by atoms with Gasteiger partial charge < -0.3 is 9.80 Å². The van der Waals surface area contributed by atoms with Gasteiger partial charge in [-0.2, -0.15) is 0 Å². The first-order valence-corrected chi connectivity index (χ1v) is 8.67. The molecule has 1 amide bonds. The number of halogens is 1. The maximum atomic E-state index is 13.6. The minimum absolute atomic E-state index is 0.166. The van der Waals surface area contributed by atoms with Gasteiger partial charge in [-0.25, -0.2) is 14.4 Å². The van der Waals surface area contributed by atoms with Crippen molar-refractivity contribution in [1.82, 2.24) is 19.4 Å². The molecule has 27 heavy (non-hydrogen) atoms. The molecule has 0 spiro atoms. The summed E-state index contributed by atoms with van der Waals surface area (Å²) in [6.45, 7) is 3.67. The SMILES string of the molecule is CC(=O)n1cc(C(=O)N2CCN(c3ncccn3)CC2)c2ccc(F)cc21. The summed E-state index contributed by atoms with van der Waals surface area (Å²) in [5, 5.41) is 0.574. The van der Waals surface area contributed by atoms with E-state index >= 15 is 0 Å². The highest BCUT2D eigenvalue weighted by molar-refractivity contribution is 6.09. The molecule has 1 saturated heterocycles. The molecule has 1 fully saturated rings. The van der Waals surface area contributed by atoms with Crippen molar-refractivity contribution in [3.63, 3.8) is 0 Å². The summed E-state index contributed by atoms with van der Waals surface area (Å²) in [5.74, 6) is -0.234. The maximum Gasteiger partial charge on any atom is 0.256 e. The predicted octanol–water partition coefficient (Wildman–Crippen LogP) is 2.19. The molecule has 0 aliphatic carbocycles. The number of carbonyl (C=O) groups excluding carboxylic acids is 2. The van der Waals surface area contributed by atoms with Crippen LogP contribution in [0.5, 0.6) is 0 Å². The number of rotatable bonds is 2. The van der Waals surface area contributed by atoms with Crippen molar-refractivity contribution in [3.8, 4) is 0 Å². The Labute approximate surface area is 155 Å². The Morgan fingerprint density at radius 2 is 1.78 bits per heavy atom. The van der Waals surface area contributed by atoms with Gasteiger partial charge in [0.1, 0.15) is 5.82 Å². The average Bonchev–Trinajstić information content (AvgIpc) is 3.07. The predicted molar refractivity (Wildman–Crippen MR) is 98.3 cm³/mol. The van der Waals surface area contributed by atoms with Crippen LogP contribution >= 0.6 is 0 Å². The molecule has 1 aliphatic rings. The van der Waals surface area contributed by atoms with Gasteiger partial charge in [-0.05, 0) is 24.3 Å². The van der Waals surface area contributed by atoms with Crippen LogP contribution in [0.3, 0.4) is 0 Å². The van der Waals surface area contributed by atoms with E-state index < -0.39 is 5.82 Å². The fourth-order valence-corrected chi connectivity index (χ4v) is 3.37. The average molecular weight is 367 g/mol. The van der Waals surface area contributed by atoms with Crippen LogP contribution in [0, 0.1) is 5.82 Å². The van der Waals surface area contributed by atoms with Crippen molar-refractivity contribution in [2.24, 2.45) is 0 Å². The first kappa shape index (κ1) is 17.1. The highest BCUT2D eigenvalue weighted by atomic mass is 19.1. The number of piperazine rings is 1. The van der Waals surface area contributed by atoms with Gasteiger partial charge in [0.2, 0.25) is 11.9 Å². The third-order valence-electron chi connectivity index (χ3n) is 4.74. The molecule has 0 radical (unpaired) electrons. The van der Waals surface area contributed by atoms with Crippen molar-refractivity contribution < 1.29 is 14.0 Å². The van der Waals surface area contributed by atoms with Crippen molar-refractivity contribution in [3.05, 3.63) is 54.2 Å². The number of hydrogen-bond donors (Lipinski definition) is 0. The lowest BCUT2D eigenvalue weighted by molar-refractivity contribution is 0.0748. The topological polar surface area (TPSA) is 71.3 Å². The Morgan fingerprint density at radius 3 is 2.44 bits per heavy atom. The Kier molecular flexibility index (Phi) is 4.31. The number of fused-ring (bicyclic) bond motifs is 1. The molecule has 0 unspecified atom stereocenters. The van der Waals surface area contributed by atoms with Gasteiger partial charge in [-0.15, -0.1) is 0 Å². The van der Waals surface area contributed by atoms with Gasteiger partial charge in [-0.1, -0.05) is 0 Å². The van der Waals surface area contributed by atoms with E-state index in [1.54, 1.807) is 29.4 Å². The molecule has 3 aromatic rings. The van der Waals surface area contributed by atoms with E-state index in [9.17, 15) is 14.0 Å². The Bertz CT molecular complexity index is 1010. The summed E-state index contributed by atoms with van der Waals surface area (Å²) >= 11 is 0. The quantitative estimate of drug-likeness (QED) is 0.694. The summed E-state index contributed by atoms with van der Waals surface area (Å²) in [5.41, 5.74) is 0.812. The van der Waals surface area contributed by atoms with E-state index in [0.717, 1.165) is 0 Å². The summed E-state index contributed by atoms with van der Waals surface area (Å²) in [4.78, 5) is 37.2. The number of anilines is 1. The lowest BCUT2D eigenvalue weighted by Crippen LogP contribution is -2.49. The van der Waals surface area contributed by atoms with Crippen LogP contribution in [0.1, 0.15) is 22.1 Å². The number of nitrogens with zero attached hydrogens (tertiary/aromatic N) is 5. The Balaban J connectivity index is 1.58. The minimum atomic E-state index is -0.446. The summed E-state index contributed by atoms with van der Waals surface area (Å²) < 4.78 is 14.9. The Hall–Kier alpha value is -3.29. The number of aromatic nitrogens is 3. The van der Waals surface area contributed by atoms with Gasteiger partial charge >= 0.3 is 0 Å². The highest BCUT2D eigenvalue weighted by Gasteiger charge is 2.26. The van der Waals surface area contributed by atoms with Gasteiger partial charge in [0.25, 0.3) is 5.91 Å². The van der Waals surface area contributed by atoms with Gasteiger partial charge in [0.15, 0.2) is 0 Å². The van der Waals surface area contributed by atoms with E-state index in [4.69, 9.17) is 0 Å².